The summed E-state index contributed by atoms with van der Waals surface area (Å²) in [7, 11) is 2.16. The fourth-order valence-electron chi connectivity index (χ4n) is 7.85. The van der Waals surface area contributed by atoms with E-state index in [0.717, 1.165) is 40.4 Å². The van der Waals surface area contributed by atoms with Crippen LogP contribution in [0, 0.1) is 20.8 Å². The van der Waals surface area contributed by atoms with Crippen LogP contribution in [0.5, 0.6) is 0 Å². The lowest BCUT2D eigenvalue weighted by Crippen LogP contribution is -2.24. The van der Waals surface area contributed by atoms with Gasteiger partial charge in [-0.1, -0.05) is 90.5 Å². The maximum Gasteiger partial charge on any atom is 0.101 e. The fourth-order valence-corrected chi connectivity index (χ4v) is 7.85. The summed E-state index contributed by atoms with van der Waals surface area (Å²) in [6.07, 6.45) is 2.19. The van der Waals surface area contributed by atoms with E-state index in [2.05, 4.69) is 187 Å². The molecule has 0 radical (unpaired) electrons. The maximum atomic E-state index is 5.33. The zero-order valence-corrected chi connectivity index (χ0v) is 28.2. The van der Waals surface area contributed by atoms with Gasteiger partial charge in [-0.15, -0.1) is 0 Å². The number of hydrogen-bond acceptors (Lipinski definition) is 3. The average molecular weight is 636 g/mol. The van der Waals surface area contributed by atoms with Gasteiger partial charge in [0.05, 0.1) is 34.8 Å². The molecule has 0 saturated carbocycles. The quantitative estimate of drug-likeness (QED) is 0.188. The fraction of sp³-hybridized carbons (Fsp3) is 0.114. The lowest BCUT2D eigenvalue weighted by Gasteiger charge is -2.21. The number of rotatable bonds is 5. The van der Waals surface area contributed by atoms with Crippen LogP contribution in [0.25, 0.3) is 55.6 Å². The molecule has 0 aliphatic carbocycles. The molecule has 3 heterocycles. The Hall–Kier alpha value is -6.07. The van der Waals surface area contributed by atoms with Gasteiger partial charge in [-0.05, 0) is 86.0 Å². The van der Waals surface area contributed by atoms with Crippen LogP contribution < -0.4 is 9.80 Å². The van der Waals surface area contributed by atoms with Crippen molar-refractivity contribution in [3.8, 4) is 33.8 Å². The molecule has 49 heavy (non-hydrogen) atoms. The van der Waals surface area contributed by atoms with Crippen LogP contribution in [-0.2, 0) is 0 Å². The van der Waals surface area contributed by atoms with Crippen molar-refractivity contribution in [3.63, 3.8) is 0 Å². The van der Waals surface area contributed by atoms with Crippen molar-refractivity contribution in [1.82, 2.24) is 14.3 Å². The van der Waals surface area contributed by atoms with Gasteiger partial charge in [0, 0.05) is 46.5 Å². The molecule has 0 atom stereocenters. The van der Waals surface area contributed by atoms with E-state index in [1.807, 2.05) is 0 Å². The molecule has 8 aromatic rings. The molecule has 5 nitrogen and oxygen atoms in total. The average Bonchev–Trinajstić information content (AvgIpc) is 3.80. The van der Waals surface area contributed by atoms with Crippen LogP contribution in [-0.4, -0.2) is 28.1 Å². The lowest BCUT2D eigenvalue weighted by atomic mass is 9.93. The maximum absolute atomic E-state index is 5.33. The van der Waals surface area contributed by atoms with E-state index in [0.29, 0.717) is 0 Å². The third-order valence-electron chi connectivity index (χ3n) is 9.97. The molecule has 238 valence electrons. The lowest BCUT2D eigenvalue weighted by molar-refractivity contribution is 0.884. The summed E-state index contributed by atoms with van der Waals surface area (Å²) < 4.78 is 4.46. The van der Waals surface area contributed by atoms with E-state index in [-0.39, 0.29) is 0 Å². The number of benzene rings is 6. The molecule has 1 aliphatic rings. The molecule has 0 amide bonds. The molecule has 9 rings (SSSR count). The molecule has 0 fully saturated rings. The van der Waals surface area contributed by atoms with E-state index < -0.39 is 0 Å². The summed E-state index contributed by atoms with van der Waals surface area (Å²) in [4.78, 5) is 4.69. The smallest absolute Gasteiger partial charge is 0.101 e. The molecular weight excluding hydrogens is 599 g/mol. The Morgan fingerprint density at radius 1 is 0.571 bits per heavy atom. The van der Waals surface area contributed by atoms with Gasteiger partial charge in [0.25, 0.3) is 0 Å². The monoisotopic (exact) mass is 635 g/mol. The highest BCUT2D eigenvalue weighted by molar-refractivity contribution is 6.09. The van der Waals surface area contributed by atoms with Gasteiger partial charge in [-0.2, -0.15) is 5.10 Å². The highest BCUT2D eigenvalue weighted by atomic mass is 15.4. The summed E-state index contributed by atoms with van der Waals surface area (Å²) in [5, 5.41) is 7.79. The predicted molar refractivity (Wildman–Crippen MR) is 205 cm³/mol. The Balaban J connectivity index is 1.23. The molecule has 0 N–H and O–H groups in total. The first-order valence-corrected chi connectivity index (χ1v) is 16.9. The Kier molecular flexibility index (Phi) is 6.70. The minimum Gasteiger partial charge on any atom is -0.355 e. The zero-order chi connectivity index (χ0) is 33.2. The highest BCUT2D eigenvalue weighted by Crippen LogP contribution is 2.41. The number of aromatic nitrogens is 3. The van der Waals surface area contributed by atoms with Crippen molar-refractivity contribution in [1.29, 1.82) is 0 Å². The molecule has 1 aliphatic heterocycles. The van der Waals surface area contributed by atoms with Crippen LogP contribution in [0.3, 0.4) is 0 Å². The third-order valence-corrected chi connectivity index (χ3v) is 9.97. The standard InChI is InChI=1S/C44H37N5/c1-29-23-30(2)43(31(3)24-29)44-38(32-13-6-5-7-14-32)27-48(45-44)34-21-22-37-36-17-8-9-18-39(36)49(42(37)26-34)35-16-12-15-33(25-35)47-28-46(4)40-19-10-11-20-41(40)47/h5-27H,28H2,1-4H3. The van der Waals surface area contributed by atoms with Crippen molar-refractivity contribution in [2.75, 3.05) is 23.5 Å². The molecule has 2 aromatic heterocycles. The first-order valence-electron chi connectivity index (χ1n) is 16.9. The first kappa shape index (κ1) is 29.1. The largest absolute Gasteiger partial charge is 0.355 e. The van der Waals surface area contributed by atoms with E-state index in [1.54, 1.807) is 0 Å². The molecule has 0 saturated heterocycles. The van der Waals surface area contributed by atoms with Crippen molar-refractivity contribution in [3.05, 3.63) is 156 Å². The van der Waals surface area contributed by atoms with Gasteiger partial charge < -0.3 is 14.4 Å². The molecule has 6 aromatic carbocycles. The Labute approximate surface area is 286 Å². The summed E-state index contributed by atoms with van der Waals surface area (Å²) in [5.74, 6) is 0. The summed E-state index contributed by atoms with van der Waals surface area (Å²) >= 11 is 0. The topological polar surface area (TPSA) is 29.2 Å². The molecule has 0 unspecified atom stereocenters. The number of aryl methyl sites for hydroxylation is 3. The van der Waals surface area contributed by atoms with Gasteiger partial charge in [-0.25, -0.2) is 4.68 Å². The van der Waals surface area contributed by atoms with Gasteiger partial charge in [0.2, 0.25) is 0 Å². The minimum absolute atomic E-state index is 0.811. The van der Waals surface area contributed by atoms with Crippen LogP contribution in [0.1, 0.15) is 16.7 Å². The van der Waals surface area contributed by atoms with E-state index >= 15 is 0 Å². The Bertz CT molecular complexity index is 2510. The van der Waals surface area contributed by atoms with Gasteiger partial charge in [0.15, 0.2) is 0 Å². The second kappa shape index (κ2) is 11.3. The normalized spacial score (nSPS) is 12.7. The van der Waals surface area contributed by atoms with Gasteiger partial charge >= 0.3 is 0 Å². The summed E-state index contributed by atoms with van der Waals surface area (Å²) in [6, 6.07) is 48.2. The summed E-state index contributed by atoms with van der Waals surface area (Å²) in [6.45, 7) is 7.36. The SMILES string of the molecule is Cc1cc(C)c(-c2nn(-c3ccc4c5ccccc5n(-c5cccc(N6CN(C)c7ccccc76)c5)c4c3)cc2-c2ccccc2)c(C)c1. The third kappa shape index (κ3) is 4.73. The van der Waals surface area contributed by atoms with Gasteiger partial charge in [-0.3, -0.25) is 0 Å². The molecular formula is C44H37N5. The van der Waals surface area contributed by atoms with Crippen molar-refractivity contribution in [2.45, 2.75) is 20.8 Å². The second-order valence-electron chi connectivity index (χ2n) is 13.3. The first-order chi connectivity index (χ1) is 23.9. The molecule has 5 heteroatoms. The van der Waals surface area contributed by atoms with E-state index in [9.17, 15) is 0 Å². The predicted octanol–water partition coefficient (Wildman–Crippen LogP) is 10.8. The number of nitrogens with zero attached hydrogens (tertiary/aromatic N) is 5. The number of anilines is 3. The van der Waals surface area contributed by atoms with Gasteiger partial charge in [0.1, 0.15) is 5.69 Å². The number of hydrogen-bond donors (Lipinski definition) is 0. The molecule has 0 spiro atoms. The van der Waals surface area contributed by atoms with Crippen molar-refractivity contribution in [2.24, 2.45) is 0 Å². The Morgan fingerprint density at radius 3 is 2.08 bits per heavy atom. The van der Waals surface area contributed by atoms with Crippen LogP contribution in [0.4, 0.5) is 17.1 Å². The van der Waals surface area contributed by atoms with E-state index in [4.69, 9.17) is 5.10 Å². The van der Waals surface area contributed by atoms with E-state index in [1.165, 1.54) is 55.6 Å². The number of para-hydroxylation sites is 3. The van der Waals surface area contributed by atoms with Crippen LogP contribution in [0.15, 0.2) is 140 Å². The second-order valence-corrected chi connectivity index (χ2v) is 13.3. The van der Waals surface area contributed by atoms with Crippen LogP contribution >= 0.6 is 0 Å². The number of fused-ring (bicyclic) bond motifs is 4. The summed E-state index contributed by atoms with van der Waals surface area (Å²) in [5.41, 5.74) is 16.4. The molecule has 0 bridgehead atoms. The minimum atomic E-state index is 0.811. The van der Waals surface area contributed by atoms with Crippen molar-refractivity contribution < 1.29 is 0 Å². The highest BCUT2D eigenvalue weighted by Gasteiger charge is 2.25. The zero-order valence-electron chi connectivity index (χ0n) is 28.2. The Morgan fingerprint density at radius 2 is 1.27 bits per heavy atom. The van der Waals surface area contributed by atoms with Crippen LogP contribution in [0.2, 0.25) is 0 Å². The van der Waals surface area contributed by atoms with Crippen molar-refractivity contribution >= 4 is 38.9 Å².